The van der Waals surface area contributed by atoms with E-state index < -0.39 is 5.60 Å². The smallest absolute Gasteiger partial charge is 0.146 e. The lowest BCUT2D eigenvalue weighted by atomic mass is 9.96. The number of rotatable bonds is 4. The Bertz CT molecular complexity index is 552. The second kappa shape index (κ2) is 5.41. The van der Waals surface area contributed by atoms with E-state index in [0.717, 1.165) is 11.1 Å². The van der Waals surface area contributed by atoms with E-state index in [2.05, 4.69) is 5.32 Å². The maximum Gasteiger partial charge on any atom is 0.146 e. The molecule has 0 saturated heterocycles. The summed E-state index contributed by atoms with van der Waals surface area (Å²) in [6.07, 6.45) is 0. The summed E-state index contributed by atoms with van der Waals surface area (Å²) >= 11 is 0. The molecule has 0 aliphatic carbocycles. The summed E-state index contributed by atoms with van der Waals surface area (Å²) < 4.78 is 13.6. The first-order valence-electron chi connectivity index (χ1n) is 6.27. The van der Waals surface area contributed by atoms with E-state index in [1.807, 2.05) is 37.3 Å². The van der Waals surface area contributed by atoms with Crippen LogP contribution in [0.25, 0.3) is 0 Å². The maximum atomic E-state index is 13.6. The molecule has 0 spiro atoms. The van der Waals surface area contributed by atoms with E-state index in [1.54, 1.807) is 19.1 Å². The molecule has 1 atom stereocenters. The Morgan fingerprint density at radius 1 is 1.16 bits per heavy atom. The third kappa shape index (κ3) is 3.32. The molecule has 0 aromatic heterocycles. The van der Waals surface area contributed by atoms with Crippen LogP contribution in [-0.2, 0) is 5.60 Å². The molecular formula is C16H18FNO. The van der Waals surface area contributed by atoms with Gasteiger partial charge in [0.05, 0.1) is 5.69 Å². The molecule has 0 radical (unpaired) electrons. The molecule has 2 nitrogen and oxygen atoms in total. The molecule has 2 N–H and O–H groups in total. The van der Waals surface area contributed by atoms with Gasteiger partial charge in [-0.3, -0.25) is 0 Å². The van der Waals surface area contributed by atoms with Crippen molar-refractivity contribution in [2.24, 2.45) is 0 Å². The Kier molecular flexibility index (Phi) is 3.86. The van der Waals surface area contributed by atoms with Gasteiger partial charge in [-0.2, -0.15) is 0 Å². The lowest BCUT2D eigenvalue weighted by molar-refractivity contribution is 0.0715. The molecule has 2 aromatic rings. The van der Waals surface area contributed by atoms with Crippen molar-refractivity contribution in [3.8, 4) is 0 Å². The van der Waals surface area contributed by atoms with Gasteiger partial charge in [0, 0.05) is 6.54 Å². The minimum Gasteiger partial charge on any atom is -0.384 e. The Balaban J connectivity index is 2.12. The highest BCUT2D eigenvalue weighted by molar-refractivity contribution is 5.47. The van der Waals surface area contributed by atoms with Crippen molar-refractivity contribution >= 4 is 5.69 Å². The summed E-state index contributed by atoms with van der Waals surface area (Å²) in [4.78, 5) is 0. The van der Waals surface area contributed by atoms with E-state index in [9.17, 15) is 9.50 Å². The number of benzene rings is 2. The number of anilines is 1. The molecule has 0 heterocycles. The molecule has 0 saturated carbocycles. The molecule has 0 fully saturated rings. The molecule has 1 unspecified atom stereocenters. The Morgan fingerprint density at radius 3 is 2.53 bits per heavy atom. The van der Waals surface area contributed by atoms with Gasteiger partial charge in [0.15, 0.2) is 0 Å². The van der Waals surface area contributed by atoms with Gasteiger partial charge in [-0.1, -0.05) is 36.4 Å². The van der Waals surface area contributed by atoms with Gasteiger partial charge in [0.2, 0.25) is 0 Å². The number of aryl methyl sites for hydroxylation is 1. The molecule has 3 heteroatoms. The Hall–Kier alpha value is -1.87. The zero-order valence-corrected chi connectivity index (χ0v) is 11.2. The highest BCUT2D eigenvalue weighted by Gasteiger charge is 2.22. The molecular weight excluding hydrogens is 241 g/mol. The zero-order valence-electron chi connectivity index (χ0n) is 11.2. The molecule has 0 aliphatic heterocycles. The number of halogens is 1. The van der Waals surface area contributed by atoms with E-state index >= 15 is 0 Å². The van der Waals surface area contributed by atoms with E-state index in [-0.39, 0.29) is 12.4 Å². The second-order valence-corrected chi connectivity index (χ2v) is 4.98. The van der Waals surface area contributed by atoms with Crippen LogP contribution in [0.5, 0.6) is 0 Å². The average molecular weight is 259 g/mol. The van der Waals surface area contributed by atoms with Gasteiger partial charge in [0.25, 0.3) is 0 Å². The van der Waals surface area contributed by atoms with Crippen molar-refractivity contribution < 1.29 is 9.50 Å². The maximum absolute atomic E-state index is 13.6. The number of nitrogens with one attached hydrogen (secondary N) is 1. The Labute approximate surface area is 112 Å². The largest absolute Gasteiger partial charge is 0.384 e. The first-order valence-corrected chi connectivity index (χ1v) is 6.27. The fourth-order valence-electron chi connectivity index (χ4n) is 1.94. The van der Waals surface area contributed by atoms with Crippen molar-refractivity contribution in [1.29, 1.82) is 0 Å². The normalized spacial score (nSPS) is 13.9. The number of hydrogen-bond acceptors (Lipinski definition) is 2. The predicted molar refractivity (Wildman–Crippen MR) is 75.6 cm³/mol. The first kappa shape index (κ1) is 13.6. The minimum atomic E-state index is -1.04. The van der Waals surface area contributed by atoms with Crippen molar-refractivity contribution in [2.45, 2.75) is 19.4 Å². The van der Waals surface area contributed by atoms with Crippen LogP contribution in [0.15, 0.2) is 48.5 Å². The molecule has 0 bridgehead atoms. The standard InChI is InChI=1S/C16H18FNO/c1-12-8-9-14(17)15(10-12)18-11-16(2,19)13-6-4-3-5-7-13/h3-10,18-19H,11H2,1-2H3. The molecule has 0 aliphatic rings. The predicted octanol–water partition coefficient (Wildman–Crippen LogP) is 3.45. The van der Waals surface area contributed by atoms with Crippen LogP contribution in [-0.4, -0.2) is 11.7 Å². The SMILES string of the molecule is Cc1ccc(F)c(NCC(C)(O)c2ccccc2)c1. The van der Waals surface area contributed by atoms with E-state index in [4.69, 9.17) is 0 Å². The van der Waals surface area contributed by atoms with Gasteiger partial charge in [-0.15, -0.1) is 0 Å². The topological polar surface area (TPSA) is 32.3 Å². The number of hydrogen-bond donors (Lipinski definition) is 2. The van der Waals surface area contributed by atoms with Crippen LogP contribution in [0.4, 0.5) is 10.1 Å². The first-order chi connectivity index (χ1) is 8.99. The van der Waals surface area contributed by atoms with Gasteiger partial charge >= 0.3 is 0 Å². The zero-order chi connectivity index (χ0) is 13.9. The summed E-state index contributed by atoms with van der Waals surface area (Å²) in [6.45, 7) is 3.86. The third-order valence-electron chi connectivity index (χ3n) is 3.14. The van der Waals surface area contributed by atoms with E-state index in [0.29, 0.717) is 5.69 Å². The highest BCUT2D eigenvalue weighted by Crippen LogP contribution is 2.22. The van der Waals surface area contributed by atoms with Gasteiger partial charge < -0.3 is 10.4 Å². The van der Waals surface area contributed by atoms with Crippen LogP contribution in [0.3, 0.4) is 0 Å². The van der Waals surface area contributed by atoms with Crippen LogP contribution >= 0.6 is 0 Å². The summed E-state index contributed by atoms with van der Waals surface area (Å²) in [6, 6.07) is 14.2. The highest BCUT2D eigenvalue weighted by atomic mass is 19.1. The van der Waals surface area contributed by atoms with E-state index in [1.165, 1.54) is 6.07 Å². The van der Waals surface area contributed by atoms with Gasteiger partial charge in [-0.05, 0) is 37.1 Å². The second-order valence-electron chi connectivity index (χ2n) is 4.98. The molecule has 2 rings (SSSR count). The molecule has 0 amide bonds. The lowest BCUT2D eigenvalue weighted by Crippen LogP contribution is -2.30. The van der Waals surface area contributed by atoms with Crippen molar-refractivity contribution in [1.82, 2.24) is 0 Å². The number of aliphatic hydroxyl groups is 1. The van der Waals surface area contributed by atoms with Crippen LogP contribution < -0.4 is 5.32 Å². The monoisotopic (exact) mass is 259 g/mol. The summed E-state index contributed by atoms with van der Waals surface area (Å²) in [5.74, 6) is -0.311. The van der Waals surface area contributed by atoms with Gasteiger partial charge in [-0.25, -0.2) is 4.39 Å². The van der Waals surface area contributed by atoms with Crippen molar-refractivity contribution in [3.05, 3.63) is 65.5 Å². The van der Waals surface area contributed by atoms with Crippen molar-refractivity contribution in [2.75, 3.05) is 11.9 Å². The van der Waals surface area contributed by atoms with Gasteiger partial charge in [0.1, 0.15) is 11.4 Å². The third-order valence-corrected chi connectivity index (χ3v) is 3.14. The van der Waals surface area contributed by atoms with Crippen LogP contribution in [0.1, 0.15) is 18.1 Å². The summed E-state index contributed by atoms with van der Waals surface area (Å²) in [5, 5.41) is 13.4. The summed E-state index contributed by atoms with van der Waals surface area (Å²) in [7, 11) is 0. The summed E-state index contributed by atoms with van der Waals surface area (Å²) in [5.41, 5.74) is 1.15. The van der Waals surface area contributed by atoms with Crippen molar-refractivity contribution in [3.63, 3.8) is 0 Å². The quantitative estimate of drug-likeness (QED) is 0.881. The molecule has 100 valence electrons. The molecule has 19 heavy (non-hydrogen) atoms. The molecule has 2 aromatic carbocycles. The fraction of sp³-hybridized carbons (Fsp3) is 0.250. The minimum absolute atomic E-state index is 0.247. The fourth-order valence-corrected chi connectivity index (χ4v) is 1.94. The average Bonchev–Trinajstić information content (AvgIpc) is 2.41. The van der Waals surface area contributed by atoms with Crippen LogP contribution in [0.2, 0.25) is 0 Å². The lowest BCUT2D eigenvalue weighted by Gasteiger charge is -2.25. The van der Waals surface area contributed by atoms with Crippen LogP contribution in [0, 0.1) is 12.7 Å². The Morgan fingerprint density at radius 2 is 1.84 bits per heavy atom.